The monoisotopic (exact) mass is 470 g/mol. The molecule has 0 saturated carbocycles. The number of aliphatic hydroxyl groups is 1. The quantitative estimate of drug-likeness (QED) is 0.354. The maximum atomic E-state index is 13.1. The molecule has 3 aromatic carbocycles. The molecular formula is C22H16Br2O2. The number of aliphatic hydroxyl groups excluding tert-OH is 1. The molecule has 1 atom stereocenters. The van der Waals surface area contributed by atoms with Gasteiger partial charge >= 0.3 is 0 Å². The summed E-state index contributed by atoms with van der Waals surface area (Å²) >= 11 is 6.77. The second-order valence-electron chi connectivity index (χ2n) is 5.80. The van der Waals surface area contributed by atoms with Crippen molar-refractivity contribution in [3.63, 3.8) is 0 Å². The molecule has 0 aliphatic rings. The lowest BCUT2D eigenvalue weighted by atomic mass is 9.92. The molecule has 0 saturated heterocycles. The Hall–Kier alpha value is -2.01. The summed E-state index contributed by atoms with van der Waals surface area (Å²) in [5.41, 5.74) is 2.40. The van der Waals surface area contributed by atoms with Crippen LogP contribution in [0, 0.1) is 0 Å². The summed E-state index contributed by atoms with van der Waals surface area (Å²) in [6.45, 7) is 0. The van der Waals surface area contributed by atoms with Crippen LogP contribution in [-0.2, 0) is 0 Å². The Labute approximate surface area is 169 Å². The van der Waals surface area contributed by atoms with E-state index in [4.69, 9.17) is 0 Å². The zero-order valence-electron chi connectivity index (χ0n) is 13.8. The van der Waals surface area contributed by atoms with E-state index in [2.05, 4.69) is 31.9 Å². The number of rotatable bonds is 5. The molecule has 1 N–H and O–H groups in total. The van der Waals surface area contributed by atoms with E-state index in [9.17, 15) is 9.90 Å². The predicted molar refractivity (Wildman–Crippen MR) is 112 cm³/mol. The van der Waals surface area contributed by atoms with Crippen molar-refractivity contribution in [2.24, 2.45) is 0 Å². The van der Waals surface area contributed by atoms with Crippen LogP contribution in [0.4, 0.5) is 0 Å². The molecule has 26 heavy (non-hydrogen) atoms. The van der Waals surface area contributed by atoms with Gasteiger partial charge in [-0.15, -0.1) is 0 Å². The molecule has 2 nitrogen and oxygen atoms in total. The lowest BCUT2D eigenvalue weighted by molar-refractivity contribution is 0.0989. The molecule has 0 aromatic heterocycles. The highest BCUT2D eigenvalue weighted by Gasteiger charge is 2.22. The van der Waals surface area contributed by atoms with E-state index >= 15 is 0 Å². The van der Waals surface area contributed by atoms with E-state index in [1.807, 2.05) is 66.7 Å². The maximum Gasteiger partial charge on any atom is 0.191 e. The molecule has 130 valence electrons. The van der Waals surface area contributed by atoms with Crippen molar-refractivity contribution >= 4 is 43.7 Å². The molecule has 0 aliphatic carbocycles. The molecule has 0 amide bonds. The zero-order valence-corrected chi connectivity index (χ0v) is 16.9. The first-order valence-corrected chi connectivity index (χ1v) is 9.63. The van der Waals surface area contributed by atoms with Crippen LogP contribution in [0.15, 0.2) is 93.4 Å². The smallest absolute Gasteiger partial charge is 0.191 e. The van der Waals surface area contributed by atoms with Crippen LogP contribution in [0.5, 0.6) is 0 Å². The van der Waals surface area contributed by atoms with Gasteiger partial charge in [0, 0.05) is 20.1 Å². The first-order chi connectivity index (χ1) is 12.5. The van der Waals surface area contributed by atoms with Gasteiger partial charge in [0.1, 0.15) is 6.10 Å². The molecular weight excluding hydrogens is 456 g/mol. The third-order valence-corrected chi connectivity index (χ3v) is 5.03. The second kappa shape index (κ2) is 8.58. The molecule has 0 aliphatic heterocycles. The van der Waals surface area contributed by atoms with Crippen LogP contribution < -0.4 is 0 Å². The third kappa shape index (κ3) is 4.58. The summed E-state index contributed by atoms with van der Waals surface area (Å²) in [7, 11) is 0. The van der Waals surface area contributed by atoms with Crippen molar-refractivity contribution in [1.29, 1.82) is 0 Å². The van der Waals surface area contributed by atoms with E-state index in [1.165, 1.54) is 0 Å². The largest absolute Gasteiger partial charge is 0.384 e. The first kappa shape index (κ1) is 18.8. The van der Waals surface area contributed by atoms with Gasteiger partial charge in [0.2, 0.25) is 0 Å². The van der Waals surface area contributed by atoms with Crippen molar-refractivity contribution < 1.29 is 9.90 Å². The number of carbonyl (C=O) groups is 1. The van der Waals surface area contributed by atoms with Crippen molar-refractivity contribution in [3.8, 4) is 0 Å². The maximum absolute atomic E-state index is 13.1. The van der Waals surface area contributed by atoms with E-state index in [0.717, 1.165) is 14.5 Å². The molecule has 3 rings (SSSR count). The number of halogens is 2. The van der Waals surface area contributed by atoms with Gasteiger partial charge in [0.05, 0.1) is 0 Å². The normalized spacial score (nSPS) is 12.7. The fraction of sp³-hybridized carbons (Fsp3) is 0.0455. The average molecular weight is 472 g/mol. The average Bonchev–Trinajstić information content (AvgIpc) is 2.67. The number of ketones is 1. The Morgan fingerprint density at radius 3 is 1.92 bits per heavy atom. The molecule has 0 radical (unpaired) electrons. The van der Waals surface area contributed by atoms with Gasteiger partial charge in [-0.1, -0.05) is 74.3 Å². The summed E-state index contributed by atoms with van der Waals surface area (Å²) in [5, 5.41) is 10.9. The highest BCUT2D eigenvalue weighted by molar-refractivity contribution is 9.10. The van der Waals surface area contributed by atoms with Gasteiger partial charge < -0.3 is 5.11 Å². The summed E-state index contributed by atoms with van der Waals surface area (Å²) in [5.74, 6) is -0.197. The Balaban J connectivity index is 2.04. The summed E-state index contributed by atoms with van der Waals surface area (Å²) < 4.78 is 1.82. The zero-order chi connectivity index (χ0) is 18.5. The van der Waals surface area contributed by atoms with Crippen LogP contribution in [-0.4, -0.2) is 10.9 Å². The number of benzene rings is 3. The minimum Gasteiger partial charge on any atom is -0.384 e. The molecule has 0 spiro atoms. The molecule has 4 heteroatoms. The summed E-state index contributed by atoms with van der Waals surface area (Å²) in [6.07, 6.45) is 0.733. The van der Waals surface area contributed by atoms with Gasteiger partial charge in [-0.25, -0.2) is 0 Å². The van der Waals surface area contributed by atoms with Gasteiger partial charge in [-0.2, -0.15) is 0 Å². The van der Waals surface area contributed by atoms with Crippen LogP contribution in [0.3, 0.4) is 0 Å². The van der Waals surface area contributed by atoms with Crippen LogP contribution in [0.25, 0.3) is 6.08 Å². The standard InChI is InChI=1S/C22H16Br2O2/c23-18-10-6-16(7-11-18)21(25)20(14-15-4-2-1-3-5-15)22(26)17-8-12-19(24)13-9-17/h1-14,21,25H/b20-14-. The van der Waals surface area contributed by atoms with E-state index in [1.54, 1.807) is 18.2 Å². The number of hydrogen-bond acceptors (Lipinski definition) is 2. The lowest BCUT2D eigenvalue weighted by Crippen LogP contribution is -2.12. The Morgan fingerprint density at radius 1 is 0.808 bits per heavy atom. The Morgan fingerprint density at radius 2 is 1.35 bits per heavy atom. The lowest BCUT2D eigenvalue weighted by Gasteiger charge is -2.15. The third-order valence-electron chi connectivity index (χ3n) is 3.97. The van der Waals surface area contributed by atoms with Crippen molar-refractivity contribution in [1.82, 2.24) is 0 Å². The summed E-state index contributed by atoms with van der Waals surface area (Å²) in [6, 6.07) is 24.0. The highest BCUT2D eigenvalue weighted by atomic mass is 79.9. The molecule has 0 fully saturated rings. The Bertz CT molecular complexity index is 915. The van der Waals surface area contributed by atoms with Crippen molar-refractivity contribution in [2.45, 2.75) is 6.10 Å². The molecule has 0 heterocycles. The molecule has 1 unspecified atom stereocenters. The second-order valence-corrected chi connectivity index (χ2v) is 7.63. The predicted octanol–water partition coefficient (Wildman–Crippen LogP) is 6.21. The van der Waals surface area contributed by atoms with Gasteiger partial charge in [-0.3, -0.25) is 4.79 Å². The minimum absolute atomic E-state index is 0.197. The molecule has 0 bridgehead atoms. The van der Waals surface area contributed by atoms with Gasteiger partial charge in [0.15, 0.2) is 5.78 Å². The first-order valence-electron chi connectivity index (χ1n) is 8.05. The van der Waals surface area contributed by atoms with Crippen molar-refractivity contribution in [2.75, 3.05) is 0 Å². The van der Waals surface area contributed by atoms with Gasteiger partial charge in [-0.05, 0) is 53.6 Å². The Kier molecular flexibility index (Phi) is 6.20. The fourth-order valence-corrected chi connectivity index (χ4v) is 3.12. The van der Waals surface area contributed by atoms with E-state index in [-0.39, 0.29) is 5.78 Å². The van der Waals surface area contributed by atoms with Crippen LogP contribution in [0.1, 0.15) is 27.6 Å². The van der Waals surface area contributed by atoms with E-state index in [0.29, 0.717) is 16.7 Å². The minimum atomic E-state index is -1.01. The SMILES string of the molecule is O=C(/C(=C\c1ccccc1)C(O)c1ccc(Br)cc1)c1ccc(Br)cc1. The van der Waals surface area contributed by atoms with Crippen molar-refractivity contribution in [3.05, 3.63) is 110 Å². The fourth-order valence-electron chi connectivity index (χ4n) is 2.59. The van der Waals surface area contributed by atoms with Crippen LogP contribution >= 0.6 is 31.9 Å². The summed E-state index contributed by atoms with van der Waals surface area (Å²) in [4.78, 5) is 13.1. The highest BCUT2D eigenvalue weighted by Crippen LogP contribution is 2.28. The van der Waals surface area contributed by atoms with E-state index < -0.39 is 6.10 Å². The molecule has 3 aromatic rings. The van der Waals surface area contributed by atoms with Gasteiger partial charge in [0.25, 0.3) is 0 Å². The number of hydrogen-bond donors (Lipinski definition) is 1. The topological polar surface area (TPSA) is 37.3 Å². The van der Waals surface area contributed by atoms with Crippen LogP contribution in [0.2, 0.25) is 0 Å². The number of carbonyl (C=O) groups excluding carboxylic acids is 1. The number of Topliss-reactive ketones (excluding diaryl/α,β-unsaturated/α-hetero) is 1.